The summed E-state index contributed by atoms with van der Waals surface area (Å²) in [6, 6.07) is 10.2. The van der Waals surface area contributed by atoms with Gasteiger partial charge in [0.05, 0.1) is 6.61 Å². The molecule has 1 aliphatic rings. The summed E-state index contributed by atoms with van der Waals surface area (Å²) in [6.07, 6.45) is 6.11. The third-order valence-electron chi connectivity index (χ3n) is 2.14. The normalized spacial score (nSPS) is 19.8. The molecule has 1 aromatic carbocycles. The van der Waals surface area contributed by atoms with E-state index in [1.165, 1.54) is 9.80 Å². The molecule has 1 aromatic rings. The van der Waals surface area contributed by atoms with E-state index in [2.05, 4.69) is 18.2 Å². The van der Waals surface area contributed by atoms with Crippen LogP contribution in [-0.2, 0) is 0 Å². The summed E-state index contributed by atoms with van der Waals surface area (Å²) in [7, 11) is 0. The highest BCUT2D eigenvalue weighted by molar-refractivity contribution is 8.03. The van der Waals surface area contributed by atoms with Gasteiger partial charge in [-0.05, 0) is 17.0 Å². The van der Waals surface area contributed by atoms with Crippen LogP contribution in [0.3, 0.4) is 0 Å². The van der Waals surface area contributed by atoms with Gasteiger partial charge < -0.3 is 5.11 Å². The van der Waals surface area contributed by atoms with Crippen molar-refractivity contribution in [3.8, 4) is 0 Å². The molecule has 0 bridgehead atoms. The summed E-state index contributed by atoms with van der Waals surface area (Å²) in [5, 5.41) is 9.11. The Morgan fingerprint density at radius 1 is 1.21 bits per heavy atom. The number of rotatable bonds is 3. The zero-order valence-corrected chi connectivity index (χ0v) is 8.58. The van der Waals surface area contributed by atoms with E-state index in [9.17, 15) is 0 Å². The van der Waals surface area contributed by atoms with Gasteiger partial charge in [-0.25, -0.2) is 0 Å². The van der Waals surface area contributed by atoms with E-state index in [0.717, 1.165) is 0 Å². The number of thioether (sulfide) groups is 1. The number of allylic oxidation sites excluding steroid dienone is 2. The van der Waals surface area contributed by atoms with Crippen molar-refractivity contribution in [2.45, 2.75) is 4.90 Å². The minimum atomic E-state index is 0.195. The average molecular weight is 204 g/mol. The zero-order chi connectivity index (χ0) is 9.80. The van der Waals surface area contributed by atoms with Crippen LogP contribution >= 0.6 is 11.8 Å². The van der Waals surface area contributed by atoms with Crippen molar-refractivity contribution in [1.82, 2.24) is 0 Å². The Bertz CT molecular complexity index is 354. The molecular formula is C12H12OS. The van der Waals surface area contributed by atoms with E-state index in [1.807, 2.05) is 30.4 Å². The molecule has 14 heavy (non-hydrogen) atoms. The Kier molecular flexibility index (Phi) is 3.07. The highest BCUT2D eigenvalue weighted by atomic mass is 32.2. The average Bonchev–Trinajstić information content (AvgIpc) is 2.67. The summed E-state index contributed by atoms with van der Waals surface area (Å²) >= 11 is 1.72. The summed E-state index contributed by atoms with van der Waals surface area (Å²) in [4.78, 5) is 2.44. The van der Waals surface area contributed by atoms with Crippen LogP contribution < -0.4 is 0 Å². The summed E-state index contributed by atoms with van der Waals surface area (Å²) in [5.41, 5.74) is 0. The molecule has 0 radical (unpaired) electrons. The van der Waals surface area contributed by atoms with Crippen molar-refractivity contribution in [3.63, 3.8) is 0 Å². The van der Waals surface area contributed by atoms with Crippen LogP contribution in [0.2, 0.25) is 0 Å². The number of hydrogen-bond donors (Lipinski definition) is 1. The van der Waals surface area contributed by atoms with Gasteiger partial charge in [-0.3, -0.25) is 0 Å². The molecule has 1 N–H and O–H groups in total. The lowest BCUT2D eigenvalue weighted by Gasteiger charge is -2.09. The van der Waals surface area contributed by atoms with Gasteiger partial charge in [0.2, 0.25) is 0 Å². The first-order valence-electron chi connectivity index (χ1n) is 4.62. The Morgan fingerprint density at radius 3 is 2.71 bits per heavy atom. The highest BCUT2D eigenvalue weighted by Crippen LogP contribution is 2.34. The molecule has 0 amide bonds. The second-order valence-electron chi connectivity index (χ2n) is 3.16. The molecule has 1 atom stereocenters. The van der Waals surface area contributed by atoms with E-state index in [0.29, 0.717) is 0 Å². The van der Waals surface area contributed by atoms with Gasteiger partial charge in [0, 0.05) is 10.8 Å². The predicted octanol–water partition coefficient (Wildman–Crippen LogP) is 2.84. The van der Waals surface area contributed by atoms with Crippen LogP contribution in [0.25, 0.3) is 0 Å². The quantitative estimate of drug-likeness (QED) is 0.817. The lowest BCUT2D eigenvalue weighted by atomic mass is 10.2. The van der Waals surface area contributed by atoms with Crippen LogP contribution in [-0.4, -0.2) is 11.7 Å². The molecule has 0 saturated carbocycles. The van der Waals surface area contributed by atoms with E-state index < -0.39 is 0 Å². The maximum atomic E-state index is 9.11. The van der Waals surface area contributed by atoms with Gasteiger partial charge in [-0.1, -0.05) is 48.2 Å². The summed E-state index contributed by atoms with van der Waals surface area (Å²) in [6.45, 7) is 0.197. The number of aliphatic hydroxyl groups is 1. The smallest absolute Gasteiger partial charge is 0.0539 e. The zero-order valence-electron chi connectivity index (χ0n) is 7.76. The molecule has 72 valence electrons. The molecule has 0 fully saturated rings. The van der Waals surface area contributed by atoms with Gasteiger partial charge in [0.1, 0.15) is 0 Å². The van der Waals surface area contributed by atoms with Crippen molar-refractivity contribution in [3.05, 3.63) is 53.5 Å². The first-order valence-corrected chi connectivity index (χ1v) is 5.44. The maximum absolute atomic E-state index is 9.11. The number of aliphatic hydroxyl groups excluding tert-OH is 1. The fraction of sp³-hybridized carbons (Fsp3) is 0.167. The molecule has 0 aromatic heterocycles. The van der Waals surface area contributed by atoms with Gasteiger partial charge >= 0.3 is 0 Å². The van der Waals surface area contributed by atoms with Crippen molar-refractivity contribution in [1.29, 1.82) is 0 Å². The van der Waals surface area contributed by atoms with Crippen molar-refractivity contribution < 1.29 is 5.11 Å². The molecular weight excluding hydrogens is 192 g/mol. The second-order valence-corrected chi connectivity index (χ2v) is 4.31. The fourth-order valence-corrected chi connectivity index (χ4v) is 2.40. The minimum Gasteiger partial charge on any atom is -0.395 e. The fourth-order valence-electron chi connectivity index (χ4n) is 1.39. The topological polar surface area (TPSA) is 20.2 Å². The maximum Gasteiger partial charge on any atom is 0.0539 e. The molecule has 0 heterocycles. The molecule has 1 aliphatic carbocycles. The summed E-state index contributed by atoms with van der Waals surface area (Å²) < 4.78 is 0. The monoisotopic (exact) mass is 204 g/mol. The molecule has 2 heteroatoms. The van der Waals surface area contributed by atoms with Crippen LogP contribution in [0.15, 0.2) is 58.4 Å². The van der Waals surface area contributed by atoms with Crippen LogP contribution in [0.1, 0.15) is 0 Å². The molecule has 2 rings (SSSR count). The van der Waals surface area contributed by atoms with E-state index in [4.69, 9.17) is 5.11 Å². The SMILES string of the molecule is OC[C@H]1C=CC=C1Sc1ccccc1. The third kappa shape index (κ3) is 2.08. The molecule has 0 unspecified atom stereocenters. The standard InChI is InChI=1S/C12H12OS/c13-9-10-5-4-8-12(10)14-11-6-2-1-3-7-11/h1-8,10,13H,9H2/t10-/m1/s1. The highest BCUT2D eigenvalue weighted by Gasteiger charge is 2.14. The first-order chi connectivity index (χ1) is 6.90. The van der Waals surface area contributed by atoms with Gasteiger partial charge in [0.25, 0.3) is 0 Å². The second kappa shape index (κ2) is 4.49. The third-order valence-corrected chi connectivity index (χ3v) is 3.33. The van der Waals surface area contributed by atoms with Gasteiger partial charge in [-0.15, -0.1) is 0 Å². The summed E-state index contributed by atoms with van der Waals surface area (Å²) in [5.74, 6) is 0.195. The van der Waals surface area contributed by atoms with E-state index in [-0.39, 0.29) is 12.5 Å². The molecule has 0 spiro atoms. The van der Waals surface area contributed by atoms with E-state index in [1.54, 1.807) is 11.8 Å². The lowest BCUT2D eigenvalue weighted by molar-refractivity contribution is 0.273. The van der Waals surface area contributed by atoms with E-state index >= 15 is 0 Å². The first kappa shape index (κ1) is 9.56. The largest absolute Gasteiger partial charge is 0.395 e. The Morgan fingerprint density at radius 2 is 2.00 bits per heavy atom. The Balaban J connectivity index is 2.06. The Hall–Kier alpha value is -0.990. The molecule has 1 nitrogen and oxygen atoms in total. The molecule has 0 aliphatic heterocycles. The number of hydrogen-bond acceptors (Lipinski definition) is 2. The van der Waals surface area contributed by atoms with Crippen LogP contribution in [0.4, 0.5) is 0 Å². The van der Waals surface area contributed by atoms with Gasteiger partial charge in [-0.2, -0.15) is 0 Å². The van der Waals surface area contributed by atoms with Crippen LogP contribution in [0, 0.1) is 5.92 Å². The minimum absolute atomic E-state index is 0.195. The van der Waals surface area contributed by atoms with Crippen molar-refractivity contribution in [2.75, 3.05) is 6.61 Å². The Labute approximate surface area is 88.2 Å². The van der Waals surface area contributed by atoms with Crippen LogP contribution in [0.5, 0.6) is 0 Å². The van der Waals surface area contributed by atoms with Crippen molar-refractivity contribution >= 4 is 11.8 Å². The van der Waals surface area contributed by atoms with Crippen molar-refractivity contribution in [2.24, 2.45) is 5.92 Å². The van der Waals surface area contributed by atoms with Gasteiger partial charge in [0.15, 0.2) is 0 Å². The predicted molar refractivity (Wildman–Crippen MR) is 60.1 cm³/mol. The molecule has 0 saturated heterocycles. The number of benzene rings is 1. The lowest BCUT2D eigenvalue weighted by Crippen LogP contribution is -2.00.